The standard InChI is InChI=1S/C8H5ClF5NO/c9-6-4(7(10)11)1-3(2-16)5(15-6)8(12,13)14/h1,7,16H,2H2. The maximum Gasteiger partial charge on any atom is 0.433 e. The molecular formula is C8H5ClF5NO. The zero-order chi connectivity index (χ0) is 12.5. The van der Waals surface area contributed by atoms with Gasteiger partial charge in [0, 0.05) is 5.56 Å². The number of halogens is 6. The molecule has 2 nitrogen and oxygen atoms in total. The van der Waals surface area contributed by atoms with E-state index in [1.54, 1.807) is 0 Å². The van der Waals surface area contributed by atoms with Crippen molar-refractivity contribution in [2.75, 3.05) is 0 Å². The molecule has 1 rings (SSSR count). The van der Waals surface area contributed by atoms with Crippen LogP contribution in [0.3, 0.4) is 0 Å². The minimum atomic E-state index is -4.84. The van der Waals surface area contributed by atoms with Crippen molar-refractivity contribution in [1.29, 1.82) is 0 Å². The third-order valence-electron chi connectivity index (χ3n) is 1.76. The van der Waals surface area contributed by atoms with Crippen LogP contribution >= 0.6 is 11.6 Å². The Hall–Kier alpha value is -0.950. The van der Waals surface area contributed by atoms with Gasteiger partial charge in [-0.3, -0.25) is 0 Å². The first kappa shape index (κ1) is 13.1. The highest BCUT2D eigenvalue weighted by molar-refractivity contribution is 6.30. The van der Waals surface area contributed by atoms with Gasteiger partial charge >= 0.3 is 6.18 Å². The molecule has 90 valence electrons. The van der Waals surface area contributed by atoms with Crippen LogP contribution in [0.1, 0.15) is 23.2 Å². The van der Waals surface area contributed by atoms with Crippen molar-refractivity contribution in [1.82, 2.24) is 4.98 Å². The molecule has 0 bridgehead atoms. The molecular weight excluding hydrogens is 257 g/mol. The molecule has 0 unspecified atom stereocenters. The Kier molecular flexibility index (Phi) is 3.69. The molecule has 0 amide bonds. The SMILES string of the molecule is OCc1cc(C(F)F)c(Cl)nc1C(F)(F)F. The molecule has 0 radical (unpaired) electrons. The predicted molar refractivity (Wildman–Crippen MR) is 45.1 cm³/mol. The summed E-state index contributed by atoms with van der Waals surface area (Å²) in [5, 5.41) is 7.73. The Balaban J connectivity index is 3.38. The number of rotatable bonds is 2. The molecule has 0 spiro atoms. The summed E-state index contributed by atoms with van der Waals surface area (Å²) in [5.41, 5.74) is -3.02. The molecule has 0 saturated heterocycles. The lowest BCUT2D eigenvalue weighted by Crippen LogP contribution is -2.13. The van der Waals surface area contributed by atoms with Crippen molar-refractivity contribution in [3.63, 3.8) is 0 Å². The van der Waals surface area contributed by atoms with E-state index < -0.39 is 41.2 Å². The van der Waals surface area contributed by atoms with Crippen LogP contribution in [0.5, 0.6) is 0 Å². The van der Waals surface area contributed by atoms with E-state index >= 15 is 0 Å². The van der Waals surface area contributed by atoms with E-state index in [1.807, 2.05) is 0 Å². The van der Waals surface area contributed by atoms with Crippen LogP contribution in [0.4, 0.5) is 22.0 Å². The average molecular weight is 262 g/mol. The fraction of sp³-hybridized carbons (Fsp3) is 0.375. The Labute approximate surface area is 91.7 Å². The summed E-state index contributed by atoms with van der Waals surface area (Å²) in [5.74, 6) is 0. The summed E-state index contributed by atoms with van der Waals surface area (Å²) in [6, 6.07) is 0.503. The number of aliphatic hydroxyl groups is 1. The van der Waals surface area contributed by atoms with Crippen molar-refractivity contribution in [2.24, 2.45) is 0 Å². The zero-order valence-electron chi connectivity index (χ0n) is 7.52. The molecule has 1 heterocycles. The van der Waals surface area contributed by atoms with Gasteiger partial charge < -0.3 is 5.11 Å². The maximum atomic E-state index is 12.3. The molecule has 0 fully saturated rings. The van der Waals surface area contributed by atoms with Gasteiger partial charge in [0.25, 0.3) is 6.43 Å². The van der Waals surface area contributed by atoms with Gasteiger partial charge in [0.15, 0.2) is 5.69 Å². The fourth-order valence-corrected chi connectivity index (χ4v) is 1.29. The van der Waals surface area contributed by atoms with Crippen molar-refractivity contribution in [2.45, 2.75) is 19.2 Å². The van der Waals surface area contributed by atoms with Gasteiger partial charge in [-0.15, -0.1) is 0 Å². The summed E-state index contributed by atoms with van der Waals surface area (Å²) in [6.45, 7) is -1.04. The van der Waals surface area contributed by atoms with Crippen LogP contribution in [-0.2, 0) is 12.8 Å². The third-order valence-corrected chi connectivity index (χ3v) is 2.06. The molecule has 8 heteroatoms. The molecule has 0 aromatic carbocycles. The summed E-state index contributed by atoms with van der Waals surface area (Å²) in [7, 11) is 0. The molecule has 0 aliphatic heterocycles. The van der Waals surface area contributed by atoms with Crippen LogP contribution < -0.4 is 0 Å². The summed E-state index contributed by atoms with van der Waals surface area (Å²) in [4.78, 5) is 2.84. The maximum absolute atomic E-state index is 12.3. The van der Waals surface area contributed by atoms with Crippen LogP contribution in [-0.4, -0.2) is 10.1 Å². The van der Waals surface area contributed by atoms with E-state index in [9.17, 15) is 22.0 Å². The van der Waals surface area contributed by atoms with E-state index in [0.29, 0.717) is 6.07 Å². The fourth-order valence-electron chi connectivity index (χ4n) is 1.07. The Bertz CT molecular complexity index is 393. The second-order valence-corrected chi connectivity index (χ2v) is 3.19. The first-order chi connectivity index (χ1) is 7.27. The van der Waals surface area contributed by atoms with Crippen molar-refractivity contribution in [3.8, 4) is 0 Å². The number of hydrogen-bond acceptors (Lipinski definition) is 2. The smallest absolute Gasteiger partial charge is 0.392 e. The van der Waals surface area contributed by atoms with Crippen molar-refractivity contribution >= 4 is 11.6 Å². The molecule has 16 heavy (non-hydrogen) atoms. The molecule has 1 N–H and O–H groups in total. The molecule has 0 aliphatic carbocycles. The Morgan fingerprint density at radius 1 is 1.38 bits per heavy atom. The van der Waals surface area contributed by atoms with Gasteiger partial charge in [-0.2, -0.15) is 13.2 Å². The van der Waals surface area contributed by atoms with Crippen LogP contribution in [0.15, 0.2) is 6.07 Å². The van der Waals surface area contributed by atoms with Crippen molar-refractivity contribution < 1.29 is 27.1 Å². The third kappa shape index (κ3) is 2.59. The summed E-state index contributed by atoms with van der Waals surface area (Å²) in [6.07, 6.45) is -7.89. The van der Waals surface area contributed by atoms with Crippen LogP contribution in [0, 0.1) is 0 Å². The van der Waals surface area contributed by atoms with Gasteiger partial charge in [-0.1, -0.05) is 11.6 Å². The second kappa shape index (κ2) is 4.50. The monoisotopic (exact) mass is 261 g/mol. The largest absolute Gasteiger partial charge is 0.433 e. The number of nitrogens with zero attached hydrogens (tertiary/aromatic N) is 1. The number of aliphatic hydroxyl groups excluding tert-OH is 1. The highest BCUT2D eigenvalue weighted by atomic mass is 35.5. The number of pyridine rings is 1. The first-order valence-electron chi connectivity index (χ1n) is 3.93. The summed E-state index contributed by atoms with van der Waals surface area (Å²) < 4.78 is 61.6. The van der Waals surface area contributed by atoms with Crippen LogP contribution in [0.2, 0.25) is 5.15 Å². The number of hydrogen-bond donors (Lipinski definition) is 1. The van der Waals surface area contributed by atoms with Crippen LogP contribution in [0.25, 0.3) is 0 Å². The van der Waals surface area contributed by atoms with Gasteiger partial charge in [0.05, 0.1) is 12.2 Å². The predicted octanol–water partition coefficient (Wildman–Crippen LogP) is 3.18. The van der Waals surface area contributed by atoms with E-state index in [4.69, 9.17) is 16.7 Å². The molecule has 1 aromatic heterocycles. The first-order valence-corrected chi connectivity index (χ1v) is 4.30. The Morgan fingerprint density at radius 3 is 2.31 bits per heavy atom. The molecule has 0 aliphatic rings. The molecule has 0 saturated carbocycles. The quantitative estimate of drug-likeness (QED) is 0.655. The minimum absolute atomic E-state index is 0.503. The average Bonchev–Trinajstić information content (AvgIpc) is 2.15. The Morgan fingerprint density at radius 2 is 1.94 bits per heavy atom. The lowest BCUT2D eigenvalue weighted by molar-refractivity contribution is -0.142. The van der Waals surface area contributed by atoms with Gasteiger partial charge in [0.2, 0.25) is 0 Å². The highest BCUT2D eigenvalue weighted by Crippen LogP contribution is 2.35. The van der Waals surface area contributed by atoms with E-state index in [0.717, 1.165) is 0 Å². The van der Waals surface area contributed by atoms with Gasteiger partial charge in [0.1, 0.15) is 5.15 Å². The number of alkyl halides is 5. The van der Waals surface area contributed by atoms with E-state index in [1.165, 1.54) is 0 Å². The van der Waals surface area contributed by atoms with E-state index in [2.05, 4.69) is 4.98 Å². The minimum Gasteiger partial charge on any atom is -0.392 e. The normalized spacial score (nSPS) is 12.2. The summed E-state index contributed by atoms with van der Waals surface area (Å²) >= 11 is 5.19. The molecule has 1 aromatic rings. The highest BCUT2D eigenvalue weighted by Gasteiger charge is 2.36. The number of aromatic nitrogens is 1. The zero-order valence-corrected chi connectivity index (χ0v) is 8.28. The van der Waals surface area contributed by atoms with Crippen molar-refractivity contribution in [3.05, 3.63) is 28.0 Å². The van der Waals surface area contributed by atoms with Gasteiger partial charge in [-0.05, 0) is 6.07 Å². The van der Waals surface area contributed by atoms with E-state index in [-0.39, 0.29) is 0 Å². The lowest BCUT2D eigenvalue weighted by atomic mass is 10.1. The molecule has 0 atom stereocenters. The lowest BCUT2D eigenvalue weighted by Gasteiger charge is -2.12. The topological polar surface area (TPSA) is 33.1 Å². The second-order valence-electron chi connectivity index (χ2n) is 2.83. The van der Waals surface area contributed by atoms with Gasteiger partial charge in [-0.25, -0.2) is 13.8 Å².